The van der Waals surface area contributed by atoms with Crippen molar-refractivity contribution < 1.29 is 13.2 Å². The van der Waals surface area contributed by atoms with Gasteiger partial charge in [-0.25, -0.2) is 0 Å². The molecule has 26 heavy (non-hydrogen) atoms. The lowest BCUT2D eigenvalue weighted by molar-refractivity contribution is 0.164. The van der Waals surface area contributed by atoms with Crippen LogP contribution in [0.3, 0.4) is 0 Å². The lowest BCUT2D eigenvalue weighted by atomic mass is 10.1. The molecule has 2 saturated heterocycles. The molecular formula is C17H27ClN4O3S. The first-order valence-electron chi connectivity index (χ1n) is 8.88. The van der Waals surface area contributed by atoms with Crippen molar-refractivity contribution in [3.05, 3.63) is 28.8 Å². The topological polar surface area (TPSA) is 56.3 Å². The summed E-state index contributed by atoms with van der Waals surface area (Å²) in [5.74, 6) is 0.807. The van der Waals surface area contributed by atoms with Crippen molar-refractivity contribution in [1.82, 2.24) is 18.4 Å². The normalized spacial score (nSPS) is 21.8. The second kappa shape index (κ2) is 8.41. The van der Waals surface area contributed by atoms with E-state index in [0.29, 0.717) is 50.8 Å². The number of nitrogens with zero attached hydrogens (tertiary/aromatic N) is 4. The lowest BCUT2D eigenvalue weighted by Crippen LogP contribution is -2.56. The van der Waals surface area contributed by atoms with Crippen LogP contribution in [-0.4, -0.2) is 93.3 Å². The van der Waals surface area contributed by atoms with Gasteiger partial charge in [0, 0.05) is 69.5 Å². The largest absolute Gasteiger partial charge is 0.496 e. The number of methoxy groups -OCH3 is 1. The summed E-state index contributed by atoms with van der Waals surface area (Å²) in [6, 6.07) is 5.59. The number of hydrogen-bond donors (Lipinski definition) is 0. The Kier molecular flexibility index (Phi) is 6.42. The van der Waals surface area contributed by atoms with E-state index in [1.165, 1.54) is 0 Å². The third kappa shape index (κ3) is 4.49. The van der Waals surface area contributed by atoms with Gasteiger partial charge in [0.15, 0.2) is 0 Å². The summed E-state index contributed by atoms with van der Waals surface area (Å²) in [5.41, 5.74) is 1.02. The van der Waals surface area contributed by atoms with Gasteiger partial charge in [-0.2, -0.15) is 17.0 Å². The Bertz CT molecular complexity index is 715. The number of ether oxygens (including phenoxy) is 1. The molecule has 2 heterocycles. The quantitative estimate of drug-likeness (QED) is 0.734. The smallest absolute Gasteiger partial charge is 0.282 e. The second-order valence-corrected chi connectivity index (χ2v) is 9.21. The summed E-state index contributed by atoms with van der Waals surface area (Å²) >= 11 is 6.10. The maximum atomic E-state index is 12.8. The average molecular weight is 403 g/mol. The minimum absolute atomic E-state index is 0.511. The van der Waals surface area contributed by atoms with Gasteiger partial charge in [-0.1, -0.05) is 11.6 Å². The highest BCUT2D eigenvalue weighted by atomic mass is 35.5. The maximum Gasteiger partial charge on any atom is 0.282 e. The summed E-state index contributed by atoms with van der Waals surface area (Å²) in [4.78, 5) is 4.40. The van der Waals surface area contributed by atoms with E-state index < -0.39 is 10.2 Å². The molecule has 0 saturated carbocycles. The van der Waals surface area contributed by atoms with Crippen molar-refractivity contribution >= 4 is 21.8 Å². The zero-order valence-corrected chi connectivity index (χ0v) is 17.0. The number of piperazine rings is 2. The van der Waals surface area contributed by atoms with Gasteiger partial charge in [0.1, 0.15) is 5.75 Å². The van der Waals surface area contributed by atoms with Crippen molar-refractivity contribution in [3.63, 3.8) is 0 Å². The first-order chi connectivity index (χ1) is 12.4. The third-order valence-electron chi connectivity index (χ3n) is 5.08. The number of rotatable bonds is 5. The summed E-state index contributed by atoms with van der Waals surface area (Å²) in [6.07, 6.45) is 0. The van der Waals surface area contributed by atoms with Crippen LogP contribution in [0.5, 0.6) is 5.75 Å². The first kappa shape index (κ1) is 19.9. The van der Waals surface area contributed by atoms with Gasteiger partial charge in [-0.05, 0) is 25.2 Å². The Morgan fingerprint density at radius 1 is 1.00 bits per heavy atom. The second-order valence-electron chi connectivity index (χ2n) is 6.84. The van der Waals surface area contributed by atoms with Crippen LogP contribution in [0.2, 0.25) is 5.02 Å². The van der Waals surface area contributed by atoms with Crippen molar-refractivity contribution in [2.75, 3.05) is 66.5 Å². The third-order valence-corrected chi connectivity index (χ3v) is 7.35. The molecule has 0 radical (unpaired) electrons. The molecule has 1 aromatic rings. The van der Waals surface area contributed by atoms with E-state index in [2.05, 4.69) is 9.80 Å². The molecule has 0 bridgehead atoms. The Labute approximate surface area is 161 Å². The van der Waals surface area contributed by atoms with Crippen molar-refractivity contribution in [2.45, 2.75) is 6.54 Å². The molecule has 0 atom stereocenters. The van der Waals surface area contributed by atoms with E-state index in [-0.39, 0.29) is 0 Å². The van der Waals surface area contributed by atoms with Crippen LogP contribution in [0.4, 0.5) is 0 Å². The number of hydrogen-bond acceptors (Lipinski definition) is 5. The molecule has 0 aliphatic carbocycles. The standard InChI is InChI=1S/C17H27ClN4O3S/c1-19-5-9-21(10-6-19)26(23,24)22-11-7-20(8-12-22)14-15-13-16(18)3-4-17(15)25-2/h3-4,13H,5-12,14H2,1-2H3. The van der Waals surface area contributed by atoms with Crippen molar-refractivity contribution in [1.29, 1.82) is 0 Å². The molecule has 1 aromatic carbocycles. The van der Waals surface area contributed by atoms with Gasteiger partial charge in [0.05, 0.1) is 7.11 Å². The van der Waals surface area contributed by atoms with E-state index in [0.717, 1.165) is 24.4 Å². The van der Waals surface area contributed by atoms with E-state index in [9.17, 15) is 8.42 Å². The predicted octanol–water partition coefficient (Wildman–Crippen LogP) is 0.958. The summed E-state index contributed by atoms with van der Waals surface area (Å²) < 4.78 is 34.3. The molecule has 2 aliphatic rings. The molecule has 0 amide bonds. The average Bonchev–Trinajstić information content (AvgIpc) is 2.63. The van der Waals surface area contributed by atoms with Crippen LogP contribution < -0.4 is 4.74 Å². The van der Waals surface area contributed by atoms with E-state index in [1.54, 1.807) is 15.7 Å². The highest BCUT2D eigenvalue weighted by Crippen LogP contribution is 2.25. The van der Waals surface area contributed by atoms with Gasteiger partial charge in [-0.15, -0.1) is 0 Å². The Morgan fingerprint density at radius 2 is 1.58 bits per heavy atom. The fourth-order valence-corrected chi connectivity index (χ4v) is 5.18. The van der Waals surface area contributed by atoms with Gasteiger partial charge in [0.2, 0.25) is 0 Å². The van der Waals surface area contributed by atoms with Crippen LogP contribution in [-0.2, 0) is 16.8 Å². The lowest BCUT2D eigenvalue weighted by Gasteiger charge is -2.39. The highest BCUT2D eigenvalue weighted by Gasteiger charge is 2.33. The van der Waals surface area contributed by atoms with Crippen LogP contribution in [0.15, 0.2) is 18.2 Å². The molecule has 0 N–H and O–H groups in total. The number of likely N-dealkylation sites (N-methyl/N-ethyl adjacent to an activating group) is 1. The van der Waals surface area contributed by atoms with Crippen molar-refractivity contribution in [3.8, 4) is 5.75 Å². The first-order valence-corrected chi connectivity index (χ1v) is 10.7. The molecule has 0 spiro atoms. The summed E-state index contributed by atoms with van der Waals surface area (Å²) in [6.45, 7) is 5.82. The summed E-state index contributed by atoms with van der Waals surface area (Å²) in [5, 5.41) is 0.678. The maximum absolute atomic E-state index is 12.8. The van der Waals surface area contributed by atoms with Gasteiger partial charge in [-0.3, -0.25) is 4.90 Å². The molecule has 3 rings (SSSR count). The van der Waals surface area contributed by atoms with Crippen LogP contribution >= 0.6 is 11.6 Å². The Morgan fingerprint density at radius 3 is 2.15 bits per heavy atom. The highest BCUT2D eigenvalue weighted by molar-refractivity contribution is 7.86. The molecule has 0 aromatic heterocycles. The fourth-order valence-electron chi connectivity index (χ4n) is 3.41. The molecule has 9 heteroatoms. The number of benzene rings is 1. The Hall–Kier alpha value is -0.900. The zero-order chi connectivity index (χ0) is 18.7. The molecule has 146 valence electrons. The van der Waals surface area contributed by atoms with Crippen LogP contribution in [0.25, 0.3) is 0 Å². The van der Waals surface area contributed by atoms with E-state index >= 15 is 0 Å². The SMILES string of the molecule is COc1ccc(Cl)cc1CN1CCN(S(=O)(=O)N2CCN(C)CC2)CC1. The van der Waals surface area contributed by atoms with Gasteiger partial charge in [0.25, 0.3) is 10.2 Å². The molecule has 2 fully saturated rings. The predicted molar refractivity (Wildman–Crippen MR) is 103 cm³/mol. The monoisotopic (exact) mass is 402 g/mol. The van der Waals surface area contributed by atoms with E-state index in [4.69, 9.17) is 16.3 Å². The fraction of sp³-hybridized carbons (Fsp3) is 0.647. The van der Waals surface area contributed by atoms with E-state index in [1.807, 2.05) is 25.2 Å². The van der Waals surface area contributed by atoms with Crippen molar-refractivity contribution in [2.24, 2.45) is 0 Å². The number of halogens is 1. The van der Waals surface area contributed by atoms with Crippen LogP contribution in [0.1, 0.15) is 5.56 Å². The minimum Gasteiger partial charge on any atom is -0.496 e. The molecule has 7 nitrogen and oxygen atoms in total. The van der Waals surface area contributed by atoms with Gasteiger partial charge < -0.3 is 9.64 Å². The Balaban J connectivity index is 1.58. The molecule has 0 unspecified atom stereocenters. The zero-order valence-electron chi connectivity index (χ0n) is 15.4. The molecular weight excluding hydrogens is 376 g/mol. The minimum atomic E-state index is -3.36. The molecule has 2 aliphatic heterocycles. The van der Waals surface area contributed by atoms with Gasteiger partial charge >= 0.3 is 0 Å². The summed E-state index contributed by atoms with van der Waals surface area (Å²) in [7, 11) is 0.310. The van der Waals surface area contributed by atoms with Crippen LogP contribution in [0, 0.1) is 0 Å².